The van der Waals surface area contributed by atoms with Gasteiger partial charge in [0, 0.05) is 6.42 Å². The predicted octanol–water partition coefficient (Wildman–Crippen LogP) is 1.12. The third-order valence-electron chi connectivity index (χ3n) is 2.32. The number of aromatic nitrogens is 3. The number of H-pyrrole nitrogens is 1. The fourth-order valence-electron chi connectivity index (χ4n) is 1.52. The van der Waals surface area contributed by atoms with E-state index < -0.39 is 0 Å². The quantitative estimate of drug-likeness (QED) is 0.834. The first kappa shape index (κ1) is 11.5. The summed E-state index contributed by atoms with van der Waals surface area (Å²) in [6.45, 7) is 0.481. The highest BCUT2D eigenvalue weighted by atomic mass is 19.1. The average molecular weight is 236 g/mol. The predicted molar refractivity (Wildman–Crippen MR) is 61.1 cm³/mol. The molecule has 5 nitrogen and oxygen atoms in total. The van der Waals surface area contributed by atoms with Gasteiger partial charge in [-0.2, -0.15) is 5.10 Å². The molecule has 0 amide bonds. The summed E-state index contributed by atoms with van der Waals surface area (Å²) in [6, 6.07) is 4.22. The Morgan fingerprint density at radius 2 is 2.29 bits per heavy atom. The van der Waals surface area contributed by atoms with Gasteiger partial charge < -0.3 is 10.5 Å². The lowest BCUT2D eigenvalue weighted by molar-refractivity contribution is 0.415. The molecule has 0 aliphatic rings. The van der Waals surface area contributed by atoms with Gasteiger partial charge in [0.15, 0.2) is 5.82 Å². The van der Waals surface area contributed by atoms with Gasteiger partial charge in [-0.3, -0.25) is 5.10 Å². The molecule has 0 radical (unpaired) electrons. The maximum Gasteiger partial charge on any atom is 0.184 e. The zero-order valence-corrected chi connectivity index (χ0v) is 9.40. The van der Waals surface area contributed by atoms with E-state index in [-0.39, 0.29) is 5.82 Å². The molecule has 2 rings (SSSR count). The fraction of sp³-hybridized carbons (Fsp3) is 0.273. The number of hydrogen-bond donors (Lipinski definition) is 2. The summed E-state index contributed by atoms with van der Waals surface area (Å²) in [4.78, 5) is 4.23. The lowest BCUT2D eigenvalue weighted by Crippen LogP contribution is -2.03. The molecule has 1 heterocycles. The smallest absolute Gasteiger partial charge is 0.184 e. The molecule has 0 bridgehead atoms. The summed E-state index contributed by atoms with van der Waals surface area (Å²) in [7, 11) is 1.52. The van der Waals surface area contributed by atoms with Gasteiger partial charge >= 0.3 is 0 Å². The molecular weight excluding hydrogens is 223 g/mol. The Labute approximate surface area is 97.8 Å². The van der Waals surface area contributed by atoms with Gasteiger partial charge in [0.05, 0.1) is 12.7 Å². The minimum Gasteiger partial charge on any atom is -0.496 e. The maximum atomic E-state index is 13.2. The molecule has 90 valence electrons. The second-order valence-corrected chi connectivity index (χ2v) is 3.49. The highest BCUT2D eigenvalue weighted by Gasteiger charge is 2.12. The number of halogens is 1. The van der Waals surface area contributed by atoms with Crippen LogP contribution in [0.1, 0.15) is 5.82 Å². The van der Waals surface area contributed by atoms with Gasteiger partial charge in [0.25, 0.3) is 0 Å². The third kappa shape index (κ3) is 2.42. The van der Waals surface area contributed by atoms with Crippen LogP contribution in [0.5, 0.6) is 5.75 Å². The topological polar surface area (TPSA) is 76.8 Å². The molecule has 6 heteroatoms. The van der Waals surface area contributed by atoms with Crippen molar-refractivity contribution in [2.45, 2.75) is 6.42 Å². The Kier molecular flexibility index (Phi) is 3.34. The van der Waals surface area contributed by atoms with Crippen LogP contribution < -0.4 is 10.5 Å². The monoisotopic (exact) mass is 236 g/mol. The maximum absolute atomic E-state index is 13.2. The number of nitrogens with two attached hydrogens (primary N) is 1. The van der Waals surface area contributed by atoms with Crippen LogP contribution in [0.2, 0.25) is 0 Å². The molecule has 0 unspecified atom stereocenters. The fourth-order valence-corrected chi connectivity index (χ4v) is 1.52. The number of hydrogen-bond acceptors (Lipinski definition) is 4. The summed E-state index contributed by atoms with van der Waals surface area (Å²) in [5.74, 6) is 1.26. The van der Waals surface area contributed by atoms with Gasteiger partial charge in [-0.1, -0.05) is 0 Å². The Balaban J connectivity index is 2.40. The van der Waals surface area contributed by atoms with Crippen LogP contribution in [0.3, 0.4) is 0 Å². The van der Waals surface area contributed by atoms with E-state index in [1.807, 2.05) is 0 Å². The van der Waals surface area contributed by atoms with E-state index in [1.165, 1.54) is 19.2 Å². The normalized spacial score (nSPS) is 10.5. The lowest BCUT2D eigenvalue weighted by Gasteiger charge is -2.04. The molecule has 0 atom stereocenters. The molecule has 1 aromatic heterocycles. The molecule has 0 fully saturated rings. The second kappa shape index (κ2) is 4.92. The zero-order chi connectivity index (χ0) is 12.3. The van der Waals surface area contributed by atoms with Crippen LogP contribution in [0.25, 0.3) is 11.4 Å². The van der Waals surface area contributed by atoms with Gasteiger partial charge in [-0.05, 0) is 24.7 Å². The van der Waals surface area contributed by atoms with Crippen LogP contribution in [-0.2, 0) is 6.42 Å². The number of benzene rings is 1. The van der Waals surface area contributed by atoms with Crippen LogP contribution in [0.15, 0.2) is 18.2 Å². The first-order valence-corrected chi connectivity index (χ1v) is 5.20. The van der Waals surface area contributed by atoms with Crippen molar-refractivity contribution in [3.8, 4) is 17.1 Å². The van der Waals surface area contributed by atoms with Gasteiger partial charge in [0.2, 0.25) is 0 Å². The minimum absolute atomic E-state index is 0.356. The van der Waals surface area contributed by atoms with Crippen LogP contribution in [0.4, 0.5) is 4.39 Å². The third-order valence-corrected chi connectivity index (χ3v) is 2.32. The first-order chi connectivity index (χ1) is 8.24. The van der Waals surface area contributed by atoms with Crippen molar-refractivity contribution in [1.29, 1.82) is 0 Å². The van der Waals surface area contributed by atoms with Crippen LogP contribution in [-0.4, -0.2) is 28.8 Å². The molecule has 0 spiro atoms. The van der Waals surface area contributed by atoms with E-state index >= 15 is 0 Å². The number of aromatic amines is 1. The molecular formula is C11H13FN4O. The number of nitrogens with zero attached hydrogens (tertiary/aromatic N) is 2. The molecule has 17 heavy (non-hydrogen) atoms. The molecule has 0 saturated heterocycles. The van der Waals surface area contributed by atoms with Crippen LogP contribution in [0, 0.1) is 5.82 Å². The van der Waals surface area contributed by atoms with Crippen molar-refractivity contribution in [3.63, 3.8) is 0 Å². The van der Waals surface area contributed by atoms with Crippen molar-refractivity contribution < 1.29 is 9.13 Å². The Hall–Kier alpha value is -1.95. The molecule has 0 aliphatic heterocycles. The van der Waals surface area contributed by atoms with E-state index in [2.05, 4.69) is 15.2 Å². The highest BCUT2D eigenvalue weighted by molar-refractivity contribution is 5.63. The number of nitrogens with one attached hydrogen (secondary N) is 1. The van der Waals surface area contributed by atoms with Gasteiger partial charge in [-0.25, -0.2) is 9.37 Å². The van der Waals surface area contributed by atoms with Gasteiger partial charge in [0.1, 0.15) is 17.4 Å². The molecule has 2 aromatic rings. The number of ether oxygens (including phenoxy) is 1. The Morgan fingerprint density at radius 1 is 1.47 bits per heavy atom. The minimum atomic E-state index is -0.356. The Morgan fingerprint density at radius 3 is 3.00 bits per heavy atom. The molecule has 1 aromatic carbocycles. The van der Waals surface area contributed by atoms with Gasteiger partial charge in [-0.15, -0.1) is 0 Å². The molecule has 0 aliphatic carbocycles. The highest BCUT2D eigenvalue weighted by Crippen LogP contribution is 2.27. The standard InChI is InChI=1S/C11H13FN4O/c1-17-9-3-2-7(12)6-8(9)11-14-10(4-5-13)15-16-11/h2-3,6H,4-5,13H2,1H3,(H,14,15,16). The average Bonchev–Trinajstić information content (AvgIpc) is 2.78. The summed E-state index contributed by atoms with van der Waals surface area (Å²) < 4.78 is 18.3. The van der Waals surface area contributed by atoms with Crippen molar-refractivity contribution >= 4 is 0 Å². The SMILES string of the molecule is COc1ccc(F)cc1-c1n[nH]c(CCN)n1. The van der Waals surface area contributed by atoms with Crippen molar-refractivity contribution in [3.05, 3.63) is 29.8 Å². The van der Waals surface area contributed by atoms with E-state index in [0.717, 1.165) is 0 Å². The van der Waals surface area contributed by atoms with Crippen molar-refractivity contribution in [2.75, 3.05) is 13.7 Å². The number of rotatable bonds is 4. The van der Waals surface area contributed by atoms with E-state index in [9.17, 15) is 4.39 Å². The first-order valence-electron chi connectivity index (χ1n) is 5.20. The summed E-state index contributed by atoms with van der Waals surface area (Å²) >= 11 is 0. The summed E-state index contributed by atoms with van der Waals surface area (Å²) in [5.41, 5.74) is 5.94. The second-order valence-electron chi connectivity index (χ2n) is 3.49. The van der Waals surface area contributed by atoms with Crippen LogP contribution >= 0.6 is 0 Å². The van der Waals surface area contributed by atoms with E-state index in [0.29, 0.717) is 35.9 Å². The largest absolute Gasteiger partial charge is 0.496 e. The lowest BCUT2D eigenvalue weighted by atomic mass is 10.2. The summed E-state index contributed by atoms with van der Waals surface area (Å²) in [5, 5.41) is 6.77. The van der Waals surface area contributed by atoms with Crippen molar-refractivity contribution in [1.82, 2.24) is 15.2 Å². The van der Waals surface area contributed by atoms with E-state index in [1.54, 1.807) is 6.07 Å². The summed E-state index contributed by atoms with van der Waals surface area (Å²) in [6.07, 6.45) is 0.602. The number of methoxy groups -OCH3 is 1. The van der Waals surface area contributed by atoms with Crippen molar-refractivity contribution in [2.24, 2.45) is 5.73 Å². The zero-order valence-electron chi connectivity index (χ0n) is 9.40. The molecule has 0 saturated carbocycles. The van der Waals surface area contributed by atoms with E-state index in [4.69, 9.17) is 10.5 Å². The Bertz CT molecular complexity index is 512. The molecule has 3 N–H and O–H groups in total.